The first-order valence-electron chi connectivity index (χ1n) is 7.85. The Hall–Kier alpha value is -0.885. The monoisotopic (exact) mass is 340 g/mol. The maximum absolute atomic E-state index is 10.7. The average molecular weight is 340 g/mol. The zero-order valence-electron chi connectivity index (χ0n) is 13.4. The molecule has 4 atom stereocenters. The van der Waals surface area contributed by atoms with E-state index >= 15 is 0 Å². The molecule has 23 heavy (non-hydrogen) atoms. The average Bonchev–Trinajstić information content (AvgIpc) is 3.01. The summed E-state index contributed by atoms with van der Waals surface area (Å²) < 4.78 is 16.9. The zero-order chi connectivity index (χ0) is 16.4. The minimum absolute atomic E-state index is 0.249. The van der Waals surface area contributed by atoms with Gasteiger partial charge in [-0.05, 0) is 0 Å². The first-order valence-corrected chi connectivity index (χ1v) is 10.1. The van der Waals surface area contributed by atoms with Crippen LogP contribution >= 0.6 is 7.82 Å². The van der Waals surface area contributed by atoms with E-state index in [0.29, 0.717) is 6.67 Å². The second-order valence-corrected chi connectivity index (χ2v) is 8.93. The molecule has 0 aromatic heterocycles. The number of hydrogen-bond acceptors (Lipinski definition) is 7. The topological polar surface area (TPSA) is 83.4 Å². The van der Waals surface area contributed by atoms with Crippen LogP contribution in [-0.4, -0.2) is 55.4 Å². The van der Waals surface area contributed by atoms with Crippen molar-refractivity contribution in [1.82, 2.24) is 0 Å². The molecule has 0 amide bonds. The van der Waals surface area contributed by atoms with Crippen molar-refractivity contribution >= 4 is 26.8 Å². The molecule has 1 aromatic carbocycles. The third kappa shape index (κ3) is 2.54. The molecule has 0 spiro atoms. The second kappa shape index (κ2) is 5.31. The summed E-state index contributed by atoms with van der Waals surface area (Å²) in [5, 5.41) is 14.0. The molecule has 1 unspecified atom stereocenters. The van der Waals surface area contributed by atoms with Crippen LogP contribution in [0.25, 0.3) is 0 Å². The van der Waals surface area contributed by atoms with Gasteiger partial charge in [0.25, 0.3) is 0 Å². The third-order valence-corrected chi connectivity index (χ3v) is 6.26. The van der Waals surface area contributed by atoms with Gasteiger partial charge in [-0.15, -0.1) is 0 Å². The molecule has 2 saturated heterocycles. The van der Waals surface area contributed by atoms with Crippen molar-refractivity contribution in [2.45, 2.75) is 38.4 Å². The van der Waals surface area contributed by atoms with Crippen molar-refractivity contribution in [2.75, 3.05) is 23.5 Å². The van der Waals surface area contributed by atoms with Crippen molar-refractivity contribution in [3.63, 3.8) is 0 Å². The number of ether oxygens (including phenoxy) is 1. The number of benzene rings is 1. The van der Waals surface area contributed by atoms with Crippen molar-refractivity contribution in [1.29, 1.82) is 0 Å². The molecule has 1 aromatic rings. The van der Waals surface area contributed by atoms with E-state index in [0.717, 1.165) is 11.4 Å². The number of aryl methyl sites for hydroxylation is 2. The van der Waals surface area contributed by atoms with Crippen LogP contribution in [0.4, 0.5) is 11.4 Å². The summed E-state index contributed by atoms with van der Waals surface area (Å²) in [4.78, 5) is 12.0. The summed E-state index contributed by atoms with van der Waals surface area (Å²) in [6, 6.07) is 4.21. The van der Waals surface area contributed by atoms with Crippen LogP contribution in [0.3, 0.4) is 0 Å². The maximum atomic E-state index is 10.7. The molecule has 3 N–H and O–H groups in total. The summed E-state index contributed by atoms with van der Waals surface area (Å²) in [7, 11) is -1.59. The van der Waals surface area contributed by atoms with Crippen LogP contribution in [0.5, 0.6) is 0 Å². The number of aliphatic hydroxyl groups is 1. The van der Waals surface area contributed by atoms with Crippen LogP contribution in [0.15, 0.2) is 12.1 Å². The Kier molecular flexibility index (Phi) is 3.61. The molecule has 126 valence electrons. The van der Waals surface area contributed by atoms with Crippen molar-refractivity contribution in [3.05, 3.63) is 23.3 Å². The van der Waals surface area contributed by atoms with Crippen LogP contribution in [0.2, 0.25) is 0 Å². The van der Waals surface area contributed by atoms with Gasteiger partial charge in [-0.3, -0.25) is 0 Å². The van der Waals surface area contributed by atoms with E-state index in [1.165, 1.54) is 11.1 Å². The van der Waals surface area contributed by atoms with Gasteiger partial charge < -0.3 is 0 Å². The molecule has 2 fully saturated rings. The molecular formula is C14H22BN2O5P. The molecule has 3 aliphatic heterocycles. The number of hydrogen-bond donors (Lipinski definition) is 3. The van der Waals surface area contributed by atoms with E-state index in [1.807, 2.05) is 4.90 Å². The molecule has 0 saturated carbocycles. The molecule has 7 nitrogen and oxygen atoms in total. The van der Waals surface area contributed by atoms with E-state index in [4.69, 9.17) is 13.8 Å². The molecular weight excluding hydrogens is 318 g/mol. The number of anilines is 2. The van der Waals surface area contributed by atoms with Gasteiger partial charge in [0.2, 0.25) is 0 Å². The molecule has 3 heterocycles. The summed E-state index contributed by atoms with van der Waals surface area (Å²) in [5.41, 5.74) is 4.47. The Bertz CT molecular complexity index is 646. The Balaban J connectivity index is 1.60. The van der Waals surface area contributed by atoms with Crippen molar-refractivity contribution in [2.24, 2.45) is 0 Å². The Morgan fingerprint density at radius 1 is 1.35 bits per heavy atom. The quantitative estimate of drug-likeness (QED) is 0.491. The van der Waals surface area contributed by atoms with E-state index in [1.54, 1.807) is 7.57 Å². The predicted molar refractivity (Wildman–Crippen MR) is 91.5 cm³/mol. The Morgan fingerprint density at radius 3 is 2.87 bits per heavy atom. The normalized spacial score (nSPS) is 36.3. The minimum atomic E-state index is -3.15. The fourth-order valence-corrected chi connectivity index (χ4v) is 4.78. The van der Waals surface area contributed by atoms with Crippen LogP contribution in [0, 0.1) is 13.8 Å². The van der Waals surface area contributed by atoms with Gasteiger partial charge in [0.1, 0.15) is 0 Å². The SMILES string of the molecule is B[PH]1(O)OCC2O[C@@H](N3CNc4cc(C)c(C)cc43)[C@@H](O)[C@H]2O1. The molecule has 3 aliphatic rings. The Labute approximate surface area is 136 Å². The van der Waals surface area contributed by atoms with Gasteiger partial charge in [0, 0.05) is 0 Å². The molecule has 4 rings (SSSR count). The van der Waals surface area contributed by atoms with Crippen molar-refractivity contribution in [3.8, 4) is 0 Å². The predicted octanol–water partition coefficient (Wildman–Crippen LogP) is 0.0293. The van der Waals surface area contributed by atoms with Crippen LogP contribution in [0.1, 0.15) is 11.1 Å². The summed E-state index contributed by atoms with van der Waals surface area (Å²) >= 11 is 0. The number of rotatable bonds is 1. The van der Waals surface area contributed by atoms with Gasteiger partial charge >= 0.3 is 136 Å². The first kappa shape index (κ1) is 15.6. The summed E-state index contributed by atoms with van der Waals surface area (Å²) in [6.45, 7) is 4.96. The van der Waals surface area contributed by atoms with Crippen LogP contribution < -0.4 is 10.2 Å². The number of nitrogens with one attached hydrogen (secondary N) is 1. The Morgan fingerprint density at radius 2 is 2.09 bits per heavy atom. The van der Waals surface area contributed by atoms with Gasteiger partial charge in [-0.1, -0.05) is 0 Å². The standard InChI is InChI=1S/C14H22BN2O5P/c1-7-3-9-10(4-8(7)2)17(6-16-9)14-12(18)13-11(21-14)5-20-23(15,19)22-13/h3-4,11-14,16,18-19,23H,5-6,15H2,1-2H3/t11?,12-,13-,14+/m0/s1. The van der Waals surface area contributed by atoms with Gasteiger partial charge in [0.15, 0.2) is 0 Å². The molecule has 0 aliphatic carbocycles. The van der Waals surface area contributed by atoms with Crippen molar-refractivity contribution < 1.29 is 23.8 Å². The zero-order valence-corrected chi connectivity index (χ0v) is 14.4. The van der Waals surface area contributed by atoms with E-state index in [9.17, 15) is 10.00 Å². The van der Waals surface area contributed by atoms with Gasteiger partial charge in [0.05, 0.1) is 0 Å². The fourth-order valence-electron chi connectivity index (χ4n) is 3.44. The van der Waals surface area contributed by atoms with E-state index in [2.05, 4.69) is 31.3 Å². The third-order valence-electron chi connectivity index (χ3n) is 4.85. The molecule has 0 radical (unpaired) electrons. The fraction of sp³-hybridized carbons (Fsp3) is 0.571. The van der Waals surface area contributed by atoms with E-state index < -0.39 is 26.3 Å². The van der Waals surface area contributed by atoms with E-state index in [-0.39, 0.29) is 12.7 Å². The van der Waals surface area contributed by atoms with Gasteiger partial charge in [-0.25, -0.2) is 0 Å². The number of fused-ring (bicyclic) bond motifs is 2. The second-order valence-electron chi connectivity index (χ2n) is 6.61. The first-order chi connectivity index (χ1) is 10.9. The van der Waals surface area contributed by atoms with Gasteiger partial charge in [-0.2, -0.15) is 0 Å². The molecule has 0 bridgehead atoms. The number of nitrogens with zero attached hydrogens (tertiary/aromatic N) is 1. The molecule has 9 heteroatoms. The summed E-state index contributed by atoms with van der Waals surface area (Å²) in [6.07, 6.45) is -2.27. The van der Waals surface area contributed by atoms with Crippen LogP contribution in [-0.2, 0) is 13.8 Å². The summed E-state index contributed by atoms with van der Waals surface area (Å²) in [5.74, 6) is 0. The number of aliphatic hydroxyl groups excluding tert-OH is 1.